The maximum atomic E-state index is 12.4. The van der Waals surface area contributed by atoms with Crippen molar-refractivity contribution in [1.82, 2.24) is 4.57 Å². The molecule has 2 heterocycles. The van der Waals surface area contributed by atoms with Gasteiger partial charge >= 0.3 is 0 Å². The molecule has 1 aliphatic heterocycles. The molecule has 0 fully saturated rings. The van der Waals surface area contributed by atoms with Gasteiger partial charge in [-0.1, -0.05) is 42.1 Å². The van der Waals surface area contributed by atoms with Gasteiger partial charge in [0.1, 0.15) is 0 Å². The topological polar surface area (TPSA) is 34.0 Å². The van der Waals surface area contributed by atoms with E-state index < -0.39 is 0 Å². The summed E-state index contributed by atoms with van der Waals surface area (Å²) in [6.07, 6.45) is 4.13. The number of nitrogens with one attached hydrogen (secondary N) is 1. The molecular formula is C20H18N2OS. The molecule has 4 rings (SSSR count). The molecular weight excluding hydrogens is 316 g/mol. The summed E-state index contributed by atoms with van der Waals surface area (Å²) in [6.45, 7) is 4.34. The van der Waals surface area contributed by atoms with Gasteiger partial charge in [-0.15, -0.1) is 0 Å². The molecule has 1 aromatic heterocycles. The van der Waals surface area contributed by atoms with Gasteiger partial charge in [-0.05, 0) is 38.1 Å². The number of hydrogen-bond acceptors (Lipinski definition) is 2. The molecule has 0 unspecified atom stereocenters. The Balaban J connectivity index is 1.82. The van der Waals surface area contributed by atoms with Crippen molar-refractivity contribution < 1.29 is 4.79 Å². The van der Waals surface area contributed by atoms with Crippen LogP contribution in [0.5, 0.6) is 0 Å². The summed E-state index contributed by atoms with van der Waals surface area (Å²) in [4.78, 5) is 14.2. The van der Waals surface area contributed by atoms with Crippen LogP contribution >= 0.6 is 11.8 Å². The Labute approximate surface area is 145 Å². The van der Waals surface area contributed by atoms with Crippen LogP contribution < -0.4 is 5.32 Å². The summed E-state index contributed by atoms with van der Waals surface area (Å²) < 4.78 is 2.25. The number of amides is 1. The van der Waals surface area contributed by atoms with E-state index in [1.165, 1.54) is 22.7 Å². The highest BCUT2D eigenvalue weighted by molar-refractivity contribution is 8.04. The Bertz CT molecular complexity index is 969. The number of carbonyl (C=O) groups is 1. The Morgan fingerprint density at radius 3 is 2.67 bits per heavy atom. The highest BCUT2D eigenvalue weighted by Gasteiger charge is 2.21. The number of para-hydroxylation sites is 2. The molecule has 120 valence electrons. The maximum Gasteiger partial charge on any atom is 0.262 e. The summed E-state index contributed by atoms with van der Waals surface area (Å²) in [5.41, 5.74) is 3.16. The van der Waals surface area contributed by atoms with E-state index in [0.29, 0.717) is 6.04 Å². The van der Waals surface area contributed by atoms with E-state index in [1.54, 1.807) is 0 Å². The quantitative estimate of drug-likeness (QED) is 0.645. The summed E-state index contributed by atoms with van der Waals surface area (Å²) in [6, 6.07) is 16.6. The van der Waals surface area contributed by atoms with Crippen LogP contribution in [-0.2, 0) is 4.79 Å². The number of rotatable bonds is 2. The minimum Gasteiger partial charge on any atom is -0.344 e. The van der Waals surface area contributed by atoms with Crippen molar-refractivity contribution in [1.29, 1.82) is 0 Å². The normalized spacial score (nSPS) is 15.8. The Morgan fingerprint density at radius 1 is 1.08 bits per heavy atom. The lowest BCUT2D eigenvalue weighted by atomic mass is 10.1. The van der Waals surface area contributed by atoms with Crippen LogP contribution in [0, 0.1) is 0 Å². The second-order valence-electron chi connectivity index (χ2n) is 6.16. The van der Waals surface area contributed by atoms with Crippen LogP contribution in [0.15, 0.2) is 64.5 Å². The van der Waals surface area contributed by atoms with Crippen LogP contribution in [0.4, 0.5) is 5.69 Å². The minimum absolute atomic E-state index is 0.0416. The molecule has 2 aromatic carbocycles. The van der Waals surface area contributed by atoms with Crippen LogP contribution in [0.1, 0.15) is 25.5 Å². The predicted molar refractivity (Wildman–Crippen MR) is 101 cm³/mol. The smallest absolute Gasteiger partial charge is 0.262 e. The van der Waals surface area contributed by atoms with Gasteiger partial charge in [0.15, 0.2) is 0 Å². The number of fused-ring (bicyclic) bond motifs is 2. The Morgan fingerprint density at radius 2 is 1.83 bits per heavy atom. The molecule has 0 aliphatic carbocycles. The molecule has 24 heavy (non-hydrogen) atoms. The van der Waals surface area contributed by atoms with Crippen molar-refractivity contribution in [3.05, 3.63) is 65.2 Å². The lowest BCUT2D eigenvalue weighted by Crippen LogP contribution is -2.16. The highest BCUT2D eigenvalue weighted by Crippen LogP contribution is 2.39. The molecule has 4 heteroatoms. The summed E-state index contributed by atoms with van der Waals surface area (Å²) >= 11 is 1.53. The number of hydrogen-bond donors (Lipinski definition) is 1. The van der Waals surface area contributed by atoms with Crippen molar-refractivity contribution in [2.75, 3.05) is 5.32 Å². The monoisotopic (exact) mass is 334 g/mol. The number of benzene rings is 2. The first-order chi connectivity index (χ1) is 11.6. The van der Waals surface area contributed by atoms with Crippen molar-refractivity contribution in [3.63, 3.8) is 0 Å². The standard InChI is InChI=1S/C20H18N2OS/c1-13(2)22-12-14(15-7-3-5-9-17(15)22)11-19-20(23)21-16-8-4-6-10-18(16)24-19/h3-13H,1-2H3,(H,21,23)/b19-11-. The maximum absolute atomic E-state index is 12.4. The van der Waals surface area contributed by atoms with Crippen LogP contribution in [0.2, 0.25) is 0 Å². The first kappa shape index (κ1) is 15.1. The third kappa shape index (κ3) is 2.53. The van der Waals surface area contributed by atoms with Crippen molar-refractivity contribution in [2.45, 2.75) is 24.8 Å². The predicted octanol–water partition coefficient (Wildman–Crippen LogP) is 5.31. The Kier molecular flexibility index (Phi) is 3.69. The van der Waals surface area contributed by atoms with Crippen molar-refractivity contribution >= 4 is 40.3 Å². The number of thioether (sulfide) groups is 1. The van der Waals surface area contributed by atoms with E-state index in [4.69, 9.17) is 0 Å². The molecule has 0 radical (unpaired) electrons. The number of carbonyl (C=O) groups excluding carboxylic acids is 1. The molecule has 0 spiro atoms. The van der Waals surface area contributed by atoms with Crippen molar-refractivity contribution in [2.24, 2.45) is 0 Å². The molecule has 3 nitrogen and oxygen atoms in total. The number of aromatic nitrogens is 1. The van der Waals surface area contributed by atoms with Gasteiger partial charge in [0.05, 0.1) is 10.6 Å². The molecule has 0 saturated carbocycles. The third-order valence-electron chi connectivity index (χ3n) is 4.19. The van der Waals surface area contributed by atoms with Gasteiger partial charge in [0.2, 0.25) is 0 Å². The zero-order valence-corrected chi connectivity index (χ0v) is 14.4. The van der Waals surface area contributed by atoms with Crippen LogP contribution in [0.3, 0.4) is 0 Å². The minimum atomic E-state index is -0.0416. The van der Waals surface area contributed by atoms with Crippen LogP contribution in [-0.4, -0.2) is 10.5 Å². The van der Waals surface area contributed by atoms with Gasteiger partial charge < -0.3 is 9.88 Å². The molecule has 0 atom stereocenters. The largest absolute Gasteiger partial charge is 0.344 e. The first-order valence-corrected chi connectivity index (χ1v) is 8.84. The summed E-state index contributed by atoms with van der Waals surface area (Å²) in [5, 5.41) is 4.15. The van der Waals surface area contributed by atoms with Crippen molar-refractivity contribution in [3.8, 4) is 0 Å². The fourth-order valence-corrected chi connectivity index (χ4v) is 3.96. The second kappa shape index (κ2) is 5.87. The zero-order valence-electron chi connectivity index (χ0n) is 13.6. The van der Waals surface area contributed by atoms with E-state index >= 15 is 0 Å². The Hall–Kier alpha value is -2.46. The average molecular weight is 334 g/mol. The molecule has 0 saturated heterocycles. The van der Waals surface area contributed by atoms with Crippen LogP contribution in [0.25, 0.3) is 17.0 Å². The lowest BCUT2D eigenvalue weighted by Gasteiger charge is -2.18. The molecule has 1 N–H and O–H groups in total. The highest BCUT2D eigenvalue weighted by atomic mass is 32.2. The fraction of sp³-hybridized carbons (Fsp3) is 0.150. The SMILES string of the molecule is CC(C)n1cc(/C=C2\Sc3ccccc3NC2=O)c2ccccc21. The second-order valence-corrected chi connectivity index (χ2v) is 7.25. The summed E-state index contributed by atoms with van der Waals surface area (Å²) in [7, 11) is 0. The van der Waals surface area contributed by atoms with E-state index in [-0.39, 0.29) is 5.91 Å². The number of nitrogens with zero attached hydrogens (tertiary/aromatic N) is 1. The fourth-order valence-electron chi connectivity index (χ4n) is 3.02. The molecule has 1 aliphatic rings. The first-order valence-electron chi connectivity index (χ1n) is 8.03. The number of anilines is 1. The lowest BCUT2D eigenvalue weighted by molar-refractivity contribution is -0.112. The summed E-state index contributed by atoms with van der Waals surface area (Å²) in [5.74, 6) is -0.0416. The van der Waals surface area contributed by atoms with Gasteiger partial charge in [0, 0.05) is 33.6 Å². The average Bonchev–Trinajstić information content (AvgIpc) is 2.95. The van der Waals surface area contributed by atoms with Gasteiger partial charge in [0.25, 0.3) is 5.91 Å². The van der Waals surface area contributed by atoms with Gasteiger partial charge in [-0.2, -0.15) is 0 Å². The van der Waals surface area contributed by atoms with E-state index in [2.05, 4.69) is 48.1 Å². The molecule has 0 bridgehead atoms. The zero-order chi connectivity index (χ0) is 16.7. The van der Waals surface area contributed by atoms with E-state index in [1.807, 2.05) is 36.4 Å². The molecule has 1 amide bonds. The van der Waals surface area contributed by atoms with Gasteiger partial charge in [-0.25, -0.2) is 0 Å². The third-order valence-corrected chi connectivity index (χ3v) is 5.29. The van der Waals surface area contributed by atoms with Gasteiger partial charge in [-0.3, -0.25) is 4.79 Å². The molecule has 3 aromatic rings. The van der Waals surface area contributed by atoms with E-state index in [9.17, 15) is 4.79 Å². The van der Waals surface area contributed by atoms with E-state index in [0.717, 1.165) is 21.1 Å².